The molecule has 0 aromatic rings. The van der Waals surface area contributed by atoms with E-state index in [2.05, 4.69) is 30.6 Å². The summed E-state index contributed by atoms with van der Waals surface area (Å²) >= 11 is 0. The third-order valence-electron chi connectivity index (χ3n) is 4.03. The molecule has 0 aromatic carbocycles. The molecule has 0 aromatic heterocycles. The Hall–Kier alpha value is -0.160. The average Bonchev–Trinajstić information content (AvgIpc) is 2.36. The quantitative estimate of drug-likeness (QED) is 0.748. The molecular formula is C13H29N3O. The van der Waals surface area contributed by atoms with Gasteiger partial charge in [0.25, 0.3) is 0 Å². The molecule has 4 nitrogen and oxygen atoms in total. The van der Waals surface area contributed by atoms with Gasteiger partial charge in [0.05, 0.1) is 0 Å². The van der Waals surface area contributed by atoms with E-state index in [0.717, 1.165) is 45.8 Å². The lowest BCUT2D eigenvalue weighted by Crippen LogP contribution is -2.58. The van der Waals surface area contributed by atoms with Gasteiger partial charge in [0.15, 0.2) is 0 Å². The van der Waals surface area contributed by atoms with Gasteiger partial charge < -0.3 is 10.5 Å². The van der Waals surface area contributed by atoms with Gasteiger partial charge in [-0.25, -0.2) is 0 Å². The number of piperazine rings is 1. The highest BCUT2D eigenvalue weighted by Crippen LogP contribution is 2.17. The molecule has 0 radical (unpaired) electrons. The molecule has 1 heterocycles. The van der Waals surface area contributed by atoms with Crippen molar-refractivity contribution >= 4 is 0 Å². The van der Waals surface area contributed by atoms with E-state index in [1.807, 2.05) is 0 Å². The van der Waals surface area contributed by atoms with Gasteiger partial charge in [-0.05, 0) is 27.2 Å². The topological polar surface area (TPSA) is 41.7 Å². The molecule has 1 unspecified atom stereocenters. The summed E-state index contributed by atoms with van der Waals surface area (Å²) in [7, 11) is 1.77. The number of hydrogen-bond acceptors (Lipinski definition) is 4. The molecule has 1 saturated heterocycles. The van der Waals surface area contributed by atoms with Crippen molar-refractivity contribution in [2.45, 2.75) is 38.8 Å². The number of hydrogen-bond donors (Lipinski definition) is 1. The molecule has 0 bridgehead atoms. The standard InChI is InChI=1S/C13H29N3O/c1-12(5-10-17-4)15-6-8-16(9-7-15)13(2,3)11-14/h12H,5-11,14H2,1-4H3. The number of nitrogens with zero attached hydrogens (tertiary/aromatic N) is 2. The third kappa shape index (κ3) is 4.21. The van der Waals surface area contributed by atoms with Crippen LogP contribution in [0.3, 0.4) is 0 Å². The van der Waals surface area contributed by atoms with Crippen LogP contribution in [0.4, 0.5) is 0 Å². The Balaban J connectivity index is 2.35. The van der Waals surface area contributed by atoms with Crippen LogP contribution in [0.5, 0.6) is 0 Å². The first-order chi connectivity index (χ1) is 8.01. The van der Waals surface area contributed by atoms with E-state index in [1.54, 1.807) is 7.11 Å². The molecule has 0 spiro atoms. The molecule has 0 saturated carbocycles. The van der Waals surface area contributed by atoms with Crippen LogP contribution < -0.4 is 5.73 Å². The Bertz CT molecular complexity index is 213. The zero-order valence-electron chi connectivity index (χ0n) is 11.9. The molecule has 2 N–H and O–H groups in total. The van der Waals surface area contributed by atoms with Crippen molar-refractivity contribution in [2.75, 3.05) is 46.4 Å². The molecule has 1 fully saturated rings. The van der Waals surface area contributed by atoms with Crippen molar-refractivity contribution in [3.8, 4) is 0 Å². The summed E-state index contributed by atoms with van der Waals surface area (Å²) < 4.78 is 5.14. The molecule has 102 valence electrons. The molecule has 1 atom stereocenters. The zero-order valence-corrected chi connectivity index (χ0v) is 11.9. The number of nitrogens with two attached hydrogens (primary N) is 1. The van der Waals surface area contributed by atoms with Crippen LogP contribution in [0.2, 0.25) is 0 Å². The van der Waals surface area contributed by atoms with E-state index >= 15 is 0 Å². The van der Waals surface area contributed by atoms with Crippen LogP contribution in [-0.4, -0.2) is 67.8 Å². The Kier molecular flexibility index (Phi) is 5.86. The van der Waals surface area contributed by atoms with Gasteiger partial charge in [0, 0.05) is 58.0 Å². The largest absolute Gasteiger partial charge is 0.385 e. The summed E-state index contributed by atoms with van der Waals surface area (Å²) in [4.78, 5) is 5.06. The second kappa shape index (κ2) is 6.69. The van der Waals surface area contributed by atoms with Gasteiger partial charge in [-0.2, -0.15) is 0 Å². The lowest BCUT2D eigenvalue weighted by atomic mass is 10.0. The second-order valence-corrected chi connectivity index (χ2v) is 5.67. The summed E-state index contributed by atoms with van der Waals surface area (Å²) in [6, 6.07) is 0.623. The van der Waals surface area contributed by atoms with E-state index in [-0.39, 0.29) is 5.54 Å². The van der Waals surface area contributed by atoms with Crippen LogP contribution in [0.1, 0.15) is 27.2 Å². The predicted octanol–water partition coefficient (Wildman–Crippen LogP) is 0.766. The van der Waals surface area contributed by atoms with Gasteiger partial charge >= 0.3 is 0 Å². The first-order valence-corrected chi connectivity index (χ1v) is 6.69. The summed E-state index contributed by atoms with van der Waals surface area (Å²) in [6.45, 7) is 12.9. The first-order valence-electron chi connectivity index (χ1n) is 6.69. The van der Waals surface area contributed by atoms with E-state index in [0.29, 0.717) is 6.04 Å². The smallest absolute Gasteiger partial charge is 0.0477 e. The van der Waals surface area contributed by atoms with Crippen molar-refractivity contribution in [3.05, 3.63) is 0 Å². The fraction of sp³-hybridized carbons (Fsp3) is 1.00. The fourth-order valence-electron chi connectivity index (χ4n) is 2.37. The molecule has 1 aliphatic heterocycles. The molecule has 1 aliphatic rings. The maximum atomic E-state index is 5.83. The highest BCUT2D eigenvalue weighted by molar-refractivity contribution is 4.87. The summed E-state index contributed by atoms with van der Waals surface area (Å²) in [5.41, 5.74) is 5.97. The summed E-state index contributed by atoms with van der Waals surface area (Å²) in [5.74, 6) is 0. The van der Waals surface area contributed by atoms with Crippen LogP contribution in [0, 0.1) is 0 Å². The van der Waals surface area contributed by atoms with Crippen LogP contribution in [0.25, 0.3) is 0 Å². The molecular weight excluding hydrogens is 214 g/mol. The van der Waals surface area contributed by atoms with Gasteiger partial charge in [0.2, 0.25) is 0 Å². The van der Waals surface area contributed by atoms with Gasteiger partial charge in [-0.15, -0.1) is 0 Å². The highest BCUT2D eigenvalue weighted by Gasteiger charge is 2.29. The minimum Gasteiger partial charge on any atom is -0.385 e. The highest BCUT2D eigenvalue weighted by atomic mass is 16.5. The SMILES string of the molecule is COCCC(C)N1CCN(C(C)(C)CN)CC1. The minimum atomic E-state index is 0.141. The second-order valence-electron chi connectivity index (χ2n) is 5.67. The van der Waals surface area contributed by atoms with Crippen LogP contribution in [0.15, 0.2) is 0 Å². The maximum Gasteiger partial charge on any atom is 0.0477 e. The fourth-order valence-corrected chi connectivity index (χ4v) is 2.37. The number of ether oxygens (including phenoxy) is 1. The third-order valence-corrected chi connectivity index (χ3v) is 4.03. The van der Waals surface area contributed by atoms with Crippen molar-refractivity contribution in [2.24, 2.45) is 5.73 Å². The lowest BCUT2D eigenvalue weighted by Gasteiger charge is -2.45. The van der Waals surface area contributed by atoms with Crippen LogP contribution >= 0.6 is 0 Å². The average molecular weight is 243 g/mol. The van der Waals surface area contributed by atoms with Crippen molar-refractivity contribution in [3.63, 3.8) is 0 Å². The molecule has 4 heteroatoms. The van der Waals surface area contributed by atoms with Gasteiger partial charge in [-0.1, -0.05) is 0 Å². The van der Waals surface area contributed by atoms with Crippen molar-refractivity contribution in [1.29, 1.82) is 0 Å². The van der Waals surface area contributed by atoms with E-state index in [4.69, 9.17) is 10.5 Å². The number of rotatable bonds is 6. The van der Waals surface area contributed by atoms with E-state index < -0.39 is 0 Å². The van der Waals surface area contributed by atoms with Crippen LogP contribution in [-0.2, 0) is 4.74 Å². The van der Waals surface area contributed by atoms with Crippen molar-refractivity contribution in [1.82, 2.24) is 9.80 Å². The molecule has 0 aliphatic carbocycles. The normalized spacial score (nSPS) is 21.7. The van der Waals surface area contributed by atoms with E-state index in [1.165, 1.54) is 0 Å². The minimum absolute atomic E-state index is 0.141. The first kappa shape index (κ1) is 14.9. The number of methoxy groups -OCH3 is 1. The Morgan fingerprint density at radius 1 is 1.24 bits per heavy atom. The zero-order chi connectivity index (χ0) is 12.9. The molecule has 17 heavy (non-hydrogen) atoms. The predicted molar refractivity (Wildman–Crippen MR) is 72.2 cm³/mol. The maximum absolute atomic E-state index is 5.83. The Morgan fingerprint density at radius 2 is 1.82 bits per heavy atom. The van der Waals surface area contributed by atoms with Gasteiger partial charge in [0.1, 0.15) is 0 Å². The summed E-state index contributed by atoms with van der Waals surface area (Å²) in [5, 5.41) is 0. The lowest BCUT2D eigenvalue weighted by molar-refractivity contribution is 0.0339. The van der Waals surface area contributed by atoms with E-state index in [9.17, 15) is 0 Å². The monoisotopic (exact) mass is 243 g/mol. The van der Waals surface area contributed by atoms with Gasteiger partial charge in [-0.3, -0.25) is 9.80 Å². The summed E-state index contributed by atoms with van der Waals surface area (Å²) in [6.07, 6.45) is 1.12. The Labute approximate surface area is 106 Å². The van der Waals surface area contributed by atoms with Crippen molar-refractivity contribution < 1.29 is 4.74 Å². The molecule has 1 rings (SSSR count). The molecule has 0 amide bonds. The Morgan fingerprint density at radius 3 is 2.29 bits per heavy atom.